The minimum Gasteiger partial charge on any atom is -0.383 e. The van der Waals surface area contributed by atoms with Crippen molar-refractivity contribution in [2.45, 2.75) is 31.8 Å². The molecule has 1 aromatic heterocycles. The normalized spacial score (nSPS) is 21.2. The van der Waals surface area contributed by atoms with Crippen LogP contribution < -0.4 is 0 Å². The Morgan fingerprint density at radius 2 is 2.12 bits per heavy atom. The van der Waals surface area contributed by atoms with Crippen molar-refractivity contribution in [3.8, 4) is 0 Å². The van der Waals surface area contributed by atoms with Gasteiger partial charge in [0, 0.05) is 26.3 Å². The van der Waals surface area contributed by atoms with Crippen LogP contribution in [0.3, 0.4) is 0 Å². The summed E-state index contributed by atoms with van der Waals surface area (Å²) in [5.74, 6) is 0. The average molecular weight is 223 g/mol. The second kappa shape index (κ2) is 4.55. The summed E-state index contributed by atoms with van der Waals surface area (Å²) in [6.07, 6.45) is 4.67. The molecule has 4 nitrogen and oxygen atoms in total. The molecule has 0 aliphatic carbocycles. The molecule has 0 unspecified atom stereocenters. The summed E-state index contributed by atoms with van der Waals surface area (Å²) in [7, 11) is 1.89. The molecule has 16 heavy (non-hydrogen) atoms. The zero-order chi connectivity index (χ0) is 11.6. The first kappa shape index (κ1) is 11.6. The third kappa shape index (κ3) is 2.28. The number of likely N-dealkylation sites (tertiary alicyclic amines) is 1. The second-order valence-electron chi connectivity index (χ2n) is 4.75. The van der Waals surface area contributed by atoms with Gasteiger partial charge in [0.15, 0.2) is 0 Å². The molecule has 4 heteroatoms. The quantitative estimate of drug-likeness (QED) is 0.834. The third-order valence-corrected chi connectivity index (χ3v) is 3.41. The fourth-order valence-corrected chi connectivity index (χ4v) is 2.38. The maximum Gasteiger partial charge on any atom is 0.111 e. The van der Waals surface area contributed by atoms with Crippen molar-refractivity contribution in [3.63, 3.8) is 0 Å². The molecule has 0 saturated carbocycles. The molecule has 1 aliphatic heterocycles. The van der Waals surface area contributed by atoms with Crippen LogP contribution in [0, 0.1) is 0 Å². The lowest BCUT2D eigenvalue weighted by atomic mass is 9.88. The van der Waals surface area contributed by atoms with E-state index in [4.69, 9.17) is 0 Å². The van der Waals surface area contributed by atoms with Crippen molar-refractivity contribution in [2.75, 3.05) is 19.6 Å². The molecule has 1 N–H and O–H groups in total. The van der Waals surface area contributed by atoms with Crippen molar-refractivity contribution >= 4 is 0 Å². The molecule has 0 atom stereocenters. The number of hydrogen-bond acceptors (Lipinski definition) is 3. The van der Waals surface area contributed by atoms with Gasteiger partial charge in [0.2, 0.25) is 0 Å². The Hall–Kier alpha value is -0.870. The Bertz CT molecular complexity index is 340. The van der Waals surface area contributed by atoms with E-state index < -0.39 is 5.60 Å². The monoisotopic (exact) mass is 223 g/mol. The average Bonchev–Trinajstić information content (AvgIpc) is 2.70. The van der Waals surface area contributed by atoms with E-state index in [1.54, 1.807) is 4.68 Å². The number of aromatic nitrogens is 2. The molecule has 0 radical (unpaired) electrons. The van der Waals surface area contributed by atoms with Gasteiger partial charge in [-0.2, -0.15) is 5.10 Å². The van der Waals surface area contributed by atoms with Crippen LogP contribution in [0.5, 0.6) is 0 Å². The first-order valence-electron chi connectivity index (χ1n) is 6.09. The predicted molar refractivity (Wildman–Crippen MR) is 63.1 cm³/mol. The maximum atomic E-state index is 10.5. The minimum atomic E-state index is -0.703. The smallest absolute Gasteiger partial charge is 0.111 e. The van der Waals surface area contributed by atoms with Gasteiger partial charge in [0.1, 0.15) is 5.60 Å². The topological polar surface area (TPSA) is 41.3 Å². The van der Waals surface area contributed by atoms with Crippen molar-refractivity contribution in [2.24, 2.45) is 7.05 Å². The first-order chi connectivity index (χ1) is 7.64. The van der Waals surface area contributed by atoms with Crippen LogP contribution in [0.25, 0.3) is 0 Å². The van der Waals surface area contributed by atoms with Crippen LogP contribution in [0.4, 0.5) is 0 Å². The molecule has 90 valence electrons. The number of rotatable bonds is 3. The van der Waals surface area contributed by atoms with Gasteiger partial charge in [0.25, 0.3) is 0 Å². The van der Waals surface area contributed by atoms with Crippen molar-refractivity contribution in [1.82, 2.24) is 14.7 Å². The van der Waals surface area contributed by atoms with Crippen LogP contribution in [0.1, 0.15) is 31.9 Å². The molecule has 0 amide bonds. The summed E-state index contributed by atoms with van der Waals surface area (Å²) in [6.45, 7) is 5.28. The van der Waals surface area contributed by atoms with Crippen LogP contribution in [-0.2, 0) is 12.6 Å². The highest BCUT2D eigenvalue weighted by Crippen LogP contribution is 2.31. The van der Waals surface area contributed by atoms with Crippen LogP contribution in [0.2, 0.25) is 0 Å². The van der Waals surface area contributed by atoms with Crippen LogP contribution in [-0.4, -0.2) is 39.4 Å². The van der Waals surface area contributed by atoms with Gasteiger partial charge >= 0.3 is 0 Å². The number of hydrogen-bond donors (Lipinski definition) is 1. The van der Waals surface area contributed by atoms with Crippen molar-refractivity contribution < 1.29 is 5.11 Å². The summed E-state index contributed by atoms with van der Waals surface area (Å²) < 4.78 is 1.76. The number of nitrogens with zero attached hydrogens (tertiary/aromatic N) is 3. The van der Waals surface area contributed by atoms with E-state index in [1.807, 2.05) is 19.3 Å². The maximum absolute atomic E-state index is 10.5. The standard InChI is InChI=1S/C12H21N3O/c1-3-7-15-9-5-12(16,6-10-15)11-4-8-14(2)13-11/h4,8,16H,3,5-7,9-10H2,1-2H3. The number of aliphatic hydroxyl groups is 1. The third-order valence-electron chi connectivity index (χ3n) is 3.41. The van der Waals surface area contributed by atoms with Crippen LogP contribution >= 0.6 is 0 Å². The number of piperidine rings is 1. The fraction of sp³-hybridized carbons (Fsp3) is 0.750. The van der Waals surface area contributed by atoms with Gasteiger partial charge < -0.3 is 10.0 Å². The first-order valence-corrected chi connectivity index (χ1v) is 6.09. The fourth-order valence-electron chi connectivity index (χ4n) is 2.38. The predicted octanol–water partition coefficient (Wildman–Crippen LogP) is 1.11. The highest BCUT2D eigenvalue weighted by Gasteiger charge is 2.35. The Morgan fingerprint density at radius 1 is 1.44 bits per heavy atom. The van der Waals surface area contributed by atoms with Gasteiger partial charge in [-0.1, -0.05) is 6.92 Å². The minimum absolute atomic E-state index is 0.703. The zero-order valence-corrected chi connectivity index (χ0v) is 10.2. The summed E-state index contributed by atoms with van der Waals surface area (Å²) in [5, 5.41) is 14.9. The van der Waals surface area contributed by atoms with Crippen molar-refractivity contribution in [1.29, 1.82) is 0 Å². The van der Waals surface area contributed by atoms with E-state index in [0.29, 0.717) is 0 Å². The zero-order valence-electron chi connectivity index (χ0n) is 10.2. The van der Waals surface area contributed by atoms with Gasteiger partial charge in [-0.25, -0.2) is 0 Å². The Labute approximate surface area is 96.9 Å². The molecule has 0 bridgehead atoms. The summed E-state index contributed by atoms with van der Waals surface area (Å²) in [4.78, 5) is 2.41. The molecule has 1 fully saturated rings. The van der Waals surface area contributed by atoms with Gasteiger partial charge in [-0.3, -0.25) is 4.68 Å². The lowest BCUT2D eigenvalue weighted by molar-refractivity contribution is -0.0295. The summed E-state index contributed by atoms with van der Waals surface area (Å²) >= 11 is 0. The van der Waals surface area contributed by atoms with E-state index >= 15 is 0 Å². The van der Waals surface area contributed by atoms with E-state index in [1.165, 1.54) is 6.42 Å². The lowest BCUT2D eigenvalue weighted by Gasteiger charge is -2.37. The summed E-state index contributed by atoms with van der Waals surface area (Å²) in [6, 6.07) is 1.93. The lowest BCUT2D eigenvalue weighted by Crippen LogP contribution is -2.43. The van der Waals surface area contributed by atoms with E-state index in [-0.39, 0.29) is 0 Å². The molecule has 1 saturated heterocycles. The van der Waals surface area contributed by atoms with E-state index in [0.717, 1.165) is 38.2 Å². The van der Waals surface area contributed by atoms with Crippen LogP contribution in [0.15, 0.2) is 12.3 Å². The summed E-state index contributed by atoms with van der Waals surface area (Å²) in [5.41, 5.74) is 0.122. The highest BCUT2D eigenvalue weighted by molar-refractivity contribution is 5.11. The second-order valence-corrected chi connectivity index (χ2v) is 4.75. The SMILES string of the molecule is CCCN1CCC(O)(c2ccn(C)n2)CC1. The molecular weight excluding hydrogens is 202 g/mol. The molecule has 2 heterocycles. The van der Waals surface area contributed by atoms with E-state index in [9.17, 15) is 5.11 Å². The van der Waals surface area contributed by atoms with Gasteiger partial charge in [-0.15, -0.1) is 0 Å². The molecule has 1 aliphatic rings. The number of aryl methyl sites for hydroxylation is 1. The molecule has 1 aromatic rings. The molecule has 2 rings (SSSR count). The Kier molecular flexibility index (Phi) is 3.30. The van der Waals surface area contributed by atoms with Gasteiger partial charge in [0.05, 0.1) is 5.69 Å². The van der Waals surface area contributed by atoms with Gasteiger partial charge in [-0.05, 0) is 31.9 Å². The molecular formula is C12H21N3O. The molecule has 0 aromatic carbocycles. The molecule has 0 spiro atoms. The highest BCUT2D eigenvalue weighted by atomic mass is 16.3. The van der Waals surface area contributed by atoms with E-state index in [2.05, 4.69) is 16.9 Å². The largest absolute Gasteiger partial charge is 0.383 e. The Balaban J connectivity index is 2.01. The Morgan fingerprint density at radius 3 is 2.62 bits per heavy atom. The van der Waals surface area contributed by atoms with Crippen molar-refractivity contribution in [3.05, 3.63) is 18.0 Å².